The van der Waals surface area contributed by atoms with Crippen molar-refractivity contribution in [2.24, 2.45) is 0 Å². The van der Waals surface area contributed by atoms with E-state index in [-0.39, 0.29) is 0 Å². The van der Waals surface area contributed by atoms with Crippen molar-refractivity contribution in [3.8, 4) is 0 Å². The Balaban J connectivity index is 1.40. The van der Waals surface area contributed by atoms with Crippen LogP contribution in [0.1, 0.15) is 5.56 Å². The van der Waals surface area contributed by atoms with Gasteiger partial charge in [0.15, 0.2) is 0 Å². The third kappa shape index (κ3) is 3.63. The SMILES string of the molecule is Clc1ccccc1Nc1cc(NCCc2c[nH]c3ccccc23)ncn1. The number of aromatic nitrogens is 3. The molecule has 4 rings (SSSR count). The minimum absolute atomic E-state index is 0.653. The number of nitrogens with one attached hydrogen (secondary N) is 3. The fourth-order valence-electron chi connectivity index (χ4n) is 2.89. The quantitative estimate of drug-likeness (QED) is 0.450. The van der Waals surface area contributed by atoms with Gasteiger partial charge in [-0.2, -0.15) is 0 Å². The second-order valence-electron chi connectivity index (χ2n) is 5.93. The van der Waals surface area contributed by atoms with Gasteiger partial charge in [0.1, 0.15) is 18.0 Å². The van der Waals surface area contributed by atoms with Crippen LogP contribution in [0.2, 0.25) is 5.02 Å². The van der Waals surface area contributed by atoms with Gasteiger partial charge >= 0.3 is 0 Å². The van der Waals surface area contributed by atoms with Gasteiger partial charge in [0.2, 0.25) is 0 Å². The van der Waals surface area contributed by atoms with Gasteiger partial charge < -0.3 is 15.6 Å². The Morgan fingerprint density at radius 1 is 0.962 bits per heavy atom. The predicted octanol–water partition coefficient (Wildman–Crippen LogP) is 5.01. The summed E-state index contributed by atoms with van der Waals surface area (Å²) in [5, 5.41) is 8.48. The summed E-state index contributed by atoms with van der Waals surface area (Å²) in [6.45, 7) is 0.782. The Hall–Kier alpha value is -3.05. The van der Waals surface area contributed by atoms with Gasteiger partial charge in [-0.3, -0.25) is 0 Å². The van der Waals surface area contributed by atoms with Crippen LogP contribution in [0.3, 0.4) is 0 Å². The maximum absolute atomic E-state index is 6.18. The summed E-state index contributed by atoms with van der Waals surface area (Å²) in [6, 6.07) is 17.8. The van der Waals surface area contributed by atoms with Crippen molar-refractivity contribution in [3.05, 3.63) is 77.7 Å². The Kier molecular flexibility index (Phi) is 4.71. The number of nitrogens with zero attached hydrogens (tertiary/aromatic N) is 2. The maximum atomic E-state index is 6.18. The molecular weight excluding hydrogens is 346 g/mol. The molecular formula is C20H18ClN5. The first kappa shape index (κ1) is 16.4. The van der Waals surface area contributed by atoms with Crippen LogP contribution in [-0.2, 0) is 6.42 Å². The number of aromatic amines is 1. The van der Waals surface area contributed by atoms with E-state index in [1.807, 2.05) is 36.4 Å². The minimum atomic E-state index is 0.653. The molecule has 26 heavy (non-hydrogen) atoms. The molecule has 0 atom stereocenters. The average molecular weight is 364 g/mol. The summed E-state index contributed by atoms with van der Waals surface area (Å²) in [7, 11) is 0. The van der Waals surface area contributed by atoms with E-state index in [2.05, 4.69) is 50.0 Å². The molecule has 130 valence electrons. The minimum Gasteiger partial charge on any atom is -0.370 e. The van der Waals surface area contributed by atoms with Gasteiger partial charge in [-0.15, -0.1) is 0 Å². The highest BCUT2D eigenvalue weighted by Crippen LogP contribution is 2.24. The lowest BCUT2D eigenvalue weighted by molar-refractivity contribution is 1.01. The summed E-state index contributed by atoms with van der Waals surface area (Å²) in [5.74, 6) is 1.47. The summed E-state index contributed by atoms with van der Waals surface area (Å²) >= 11 is 6.18. The highest BCUT2D eigenvalue weighted by atomic mass is 35.5. The Bertz CT molecular complexity index is 1030. The molecule has 2 aromatic heterocycles. The maximum Gasteiger partial charge on any atom is 0.135 e. The first-order chi connectivity index (χ1) is 12.8. The summed E-state index contributed by atoms with van der Waals surface area (Å²) in [4.78, 5) is 11.8. The van der Waals surface area contributed by atoms with Crippen molar-refractivity contribution in [2.75, 3.05) is 17.2 Å². The Labute approximate surface area is 156 Å². The predicted molar refractivity (Wildman–Crippen MR) is 107 cm³/mol. The van der Waals surface area contributed by atoms with Crippen molar-refractivity contribution in [1.29, 1.82) is 0 Å². The van der Waals surface area contributed by atoms with E-state index in [9.17, 15) is 0 Å². The number of benzene rings is 2. The van der Waals surface area contributed by atoms with E-state index in [1.54, 1.807) is 0 Å². The van der Waals surface area contributed by atoms with Crippen LogP contribution in [0.5, 0.6) is 0 Å². The van der Waals surface area contributed by atoms with E-state index in [4.69, 9.17) is 11.6 Å². The molecule has 0 aliphatic rings. The summed E-state index contributed by atoms with van der Waals surface area (Å²) in [5.41, 5.74) is 3.27. The highest BCUT2D eigenvalue weighted by molar-refractivity contribution is 6.33. The van der Waals surface area contributed by atoms with E-state index in [0.717, 1.165) is 30.0 Å². The molecule has 0 saturated heterocycles. The first-order valence-electron chi connectivity index (χ1n) is 8.42. The van der Waals surface area contributed by atoms with E-state index < -0.39 is 0 Å². The lowest BCUT2D eigenvalue weighted by Gasteiger charge is -2.09. The van der Waals surface area contributed by atoms with Crippen molar-refractivity contribution < 1.29 is 0 Å². The van der Waals surface area contributed by atoms with Crippen molar-refractivity contribution in [1.82, 2.24) is 15.0 Å². The molecule has 0 aliphatic heterocycles. The van der Waals surface area contributed by atoms with Gasteiger partial charge in [0.25, 0.3) is 0 Å². The number of rotatable bonds is 6. The highest BCUT2D eigenvalue weighted by Gasteiger charge is 2.04. The third-order valence-corrected chi connectivity index (χ3v) is 4.51. The molecule has 0 spiro atoms. The second-order valence-corrected chi connectivity index (χ2v) is 6.34. The van der Waals surface area contributed by atoms with Gasteiger partial charge in [-0.25, -0.2) is 9.97 Å². The molecule has 4 aromatic rings. The topological polar surface area (TPSA) is 65.6 Å². The molecule has 0 saturated carbocycles. The molecule has 0 aliphatic carbocycles. The fourth-order valence-corrected chi connectivity index (χ4v) is 3.07. The number of halogens is 1. The van der Waals surface area contributed by atoms with Crippen molar-refractivity contribution in [2.45, 2.75) is 6.42 Å². The lowest BCUT2D eigenvalue weighted by atomic mass is 10.1. The molecule has 0 fully saturated rings. The second kappa shape index (κ2) is 7.45. The number of fused-ring (bicyclic) bond motifs is 1. The third-order valence-electron chi connectivity index (χ3n) is 4.18. The molecule has 2 heterocycles. The van der Waals surface area contributed by atoms with Crippen LogP contribution in [0.15, 0.2) is 67.1 Å². The smallest absolute Gasteiger partial charge is 0.135 e. The Morgan fingerprint density at radius 3 is 2.69 bits per heavy atom. The lowest BCUT2D eigenvalue weighted by Crippen LogP contribution is -2.07. The van der Waals surface area contributed by atoms with E-state index >= 15 is 0 Å². The number of hydrogen-bond acceptors (Lipinski definition) is 4. The van der Waals surface area contributed by atoms with Gasteiger partial charge in [-0.05, 0) is 30.2 Å². The monoisotopic (exact) mass is 363 g/mol. The van der Waals surface area contributed by atoms with Crippen LogP contribution in [-0.4, -0.2) is 21.5 Å². The largest absolute Gasteiger partial charge is 0.370 e. The van der Waals surface area contributed by atoms with E-state index in [0.29, 0.717) is 10.8 Å². The van der Waals surface area contributed by atoms with Gasteiger partial charge in [0, 0.05) is 29.7 Å². The zero-order chi connectivity index (χ0) is 17.8. The standard InChI is InChI=1S/C20H18ClN5/c21-16-6-2-4-8-18(16)26-20-11-19(24-13-25-20)22-10-9-14-12-23-17-7-3-1-5-15(14)17/h1-8,11-13,23H,9-10H2,(H2,22,24,25,26). The zero-order valence-electron chi connectivity index (χ0n) is 14.0. The molecule has 0 radical (unpaired) electrons. The van der Waals surface area contributed by atoms with Crippen LogP contribution >= 0.6 is 11.6 Å². The van der Waals surface area contributed by atoms with Gasteiger partial charge in [0.05, 0.1) is 10.7 Å². The Morgan fingerprint density at radius 2 is 1.77 bits per heavy atom. The number of H-pyrrole nitrogens is 1. The number of anilines is 3. The average Bonchev–Trinajstić information content (AvgIpc) is 3.07. The first-order valence-corrected chi connectivity index (χ1v) is 8.80. The molecule has 0 bridgehead atoms. The number of para-hydroxylation sites is 2. The van der Waals surface area contributed by atoms with Crippen molar-refractivity contribution >= 4 is 39.8 Å². The van der Waals surface area contributed by atoms with Gasteiger partial charge in [-0.1, -0.05) is 41.9 Å². The molecule has 0 unspecified atom stereocenters. The molecule has 5 nitrogen and oxygen atoms in total. The molecule has 6 heteroatoms. The normalized spacial score (nSPS) is 10.8. The number of hydrogen-bond donors (Lipinski definition) is 3. The molecule has 2 aromatic carbocycles. The zero-order valence-corrected chi connectivity index (χ0v) is 14.8. The van der Waals surface area contributed by atoms with Crippen molar-refractivity contribution in [3.63, 3.8) is 0 Å². The van der Waals surface area contributed by atoms with E-state index in [1.165, 1.54) is 17.3 Å². The summed E-state index contributed by atoms with van der Waals surface area (Å²) < 4.78 is 0. The van der Waals surface area contributed by atoms with Crippen LogP contribution in [0.4, 0.5) is 17.3 Å². The van der Waals surface area contributed by atoms with Crippen LogP contribution in [0.25, 0.3) is 10.9 Å². The van der Waals surface area contributed by atoms with Crippen LogP contribution < -0.4 is 10.6 Å². The fraction of sp³-hybridized carbons (Fsp3) is 0.100. The molecule has 0 amide bonds. The summed E-state index contributed by atoms with van der Waals surface area (Å²) in [6.07, 6.45) is 4.51. The van der Waals surface area contributed by atoms with Crippen LogP contribution in [0, 0.1) is 0 Å². The molecule has 3 N–H and O–H groups in total.